The van der Waals surface area contributed by atoms with Gasteiger partial charge in [-0.15, -0.1) is 0 Å². The van der Waals surface area contributed by atoms with Gasteiger partial charge in [-0.3, -0.25) is 0 Å². The van der Waals surface area contributed by atoms with Crippen LogP contribution >= 0.6 is 11.6 Å². The summed E-state index contributed by atoms with van der Waals surface area (Å²) in [5.74, 6) is 0. The molecule has 1 aromatic rings. The lowest BCUT2D eigenvalue weighted by Crippen LogP contribution is -2.12. The summed E-state index contributed by atoms with van der Waals surface area (Å²) in [6, 6.07) is 3.19. The summed E-state index contributed by atoms with van der Waals surface area (Å²) in [7, 11) is 0. The van der Waals surface area contributed by atoms with E-state index in [0.717, 1.165) is 12.1 Å². The molecule has 0 saturated heterocycles. The molecule has 16 heavy (non-hydrogen) atoms. The molecule has 1 saturated carbocycles. The van der Waals surface area contributed by atoms with Crippen LogP contribution in [0.25, 0.3) is 0 Å². The van der Waals surface area contributed by atoms with Gasteiger partial charge in [0, 0.05) is 11.4 Å². The number of hydrogen-bond acceptors (Lipinski definition) is 1. The quantitative estimate of drug-likeness (QED) is 0.853. The smallest absolute Gasteiger partial charge is 0.390 e. The van der Waals surface area contributed by atoms with E-state index in [2.05, 4.69) is 0 Å². The lowest BCUT2D eigenvalue weighted by Gasteiger charge is -2.12. The second kappa shape index (κ2) is 3.64. The van der Waals surface area contributed by atoms with E-state index in [1.54, 1.807) is 0 Å². The number of rotatable bonds is 2. The molecule has 0 heterocycles. The largest absolute Gasteiger partial charge is 0.416 e. The van der Waals surface area contributed by atoms with Crippen molar-refractivity contribution in [3.8, 4) is 0 Å². The number of halogens is 4. The van der Waals surface area contributed by atoms with Crippen LogP contribution in [-0.2, 0) is 12.6 Å². The average molecular weight is 251 g/mol. The number of benzene rings is 1. The fourth-order valence-corrected chi connectivity index (χ4v) is 1.75. The fraction of sp³-hybridized carbons (Fsp3) is 0.455. The van der Waals surface area contributed by atoms with E-state index in [4.69, 9.17) is 11.6 Å². The molecule has 0 unspecified atom stereocenters. The second-order valence-electron chi connectivity index (χ2n) is 4.21. The molecule has 1 N–H and O–H groups in total. The Morgan fingerprint density at radius 2 is 1.94 bits per heavy atom. The molecule has 1 fully saturated rings. The average Bonchev–Trinajstić information content (AvgIpc) is 2.86. The summed E-state index contributed by atoms with van der Waals surface area (Å²) in [6.45, 7) is 0. The molecule has 2 rings (SSSR count). The van der Waals surface area contributed by atoms with E-state index >= 15 is 0 Å². The molecule has 0 bridgehead atoms. The summed E-state index contributed by atoms with van der Waals surface area (Å²) < 4.78 is 37.3. The summed E-state index contributed by atoms with van der Waals surface area (Å²) in [5, 5.41) is 9.93. The van der Waals surface area contributed by atoms with Crippen molar-refractivity contribution in [2.75, 3.05) is 0 Å². The maximum absolute atomic E-state index is 12.4. The summed E-state index contributed by atoms with van der Waals surface area (Å²) >= 11 is 5.80. The van der Waals surface area contributed by atoms with Gasteiger partial charge >= 0.3 is 6.18 Å². The van der Waals surface area contributed by atoms with E-state index in [1.807, 2.05) is 0 Å². The Bertz CT molecular complexity index is 410. The standard InChI is InChI=1S/C11H10ClF3O/c12-9-2-1-8(11(13,14)15)5-7(9)6-10(16)3-4-10/h1-2,5,16H,3-4,6H2. The first-order valence-corrected chi connectivity index (χ1v) is 5.26. The van der Waals surface area contributed by atoms with Gasteiger partial charge in [-0.25, -0.2) is 0 Å². The highest BCUT2D eigenvalue weighted by atomic mass is 35.5. The van der Waals surface area contributed by atoms with Crippen LogP contribution in [0.3, 0.4) is 0 Å². The van der Waals surface area contributed by atoms with Crippen molar-refractivity contribution in [1.29, 1.82) is 0 Å². The predicted molar refractivity (Wildman–Crippen MR) is 54.3 cm³/mol. The van der Waals surface area contributed by atoms with Crippen LogP contribution in [-0.4, -0.2) is 10.7 Å². The third-order valence-electron chi connectivity index (χ3n) is 2.72. The molecule has 88 valence electrons. The second-order valence-corrected chi connectivity index (χ2v) is 4.61. The van der Waals surface area contributed by atoms with Crippen molar-refractivity contribution in [2.45, 2.75) is 31.0 Å². The van der Waals surface area contributed by atoms with Crippen molar-refractivity contribution >= 4 is 11.6 Å². The molecular formula is C11H10ClF3O. The van der Waals surface area contributed by atoms with Gasteiger partial charge in [0.15, 0.2) is 0 Å². The number of hydrogen-bond donors (Lipinski definition) is 1. The molecule has 0 amide bonds. The van der Waals surface area contributed by atoms with Gasteiger partial charge in [0.05, 0.1) is 11.2 Å². The monoisotopic (exact) mass is 250 g/mol. The molecule has 0 radical (unpaired) electrons. The van der Waals surface area contributed by atoms with Gasteiger partial charge in [0.1, 0.15) is 0 Å². The number of alkyl halides is 3. The van der Waals surface area contributed by atoms with Crippen LogP contribution in [0, 0.1) is 0 Å². The Hall–Kier alpha value is -0.740. The summed E-state index contributed by atoms with van der Waals surface area (Å²) in [6.07, 6.45) is -2.93. The van der Waals surface area contributed by atoms with Gasteiger partial charge in [-0.2, -0.15) is 13.2 Å². The minimum absolute atomic E-state index is 0.190. The van der Waals surface area contributed by atoms with Gasteiger partial charge < -0.3 is 5.11 Å². The molecule has 0 spiro atoms. The maximum Gasteiger partial charge on any atom is 0.416 e. The first-order valence-electron chi connectivity index (χ1n) is 4.88. The van der Waals surface area contributed by atoms with Gasteiger partial charge in [-0.1, -0.05) is 11.6 Å². The van der Waals surface area contributed by atoms with Gasteiger partial charge in [-0.05, 0) is 36.6 Å². The predicted octanol–water partition coefficient (Wildman–Crippen LogP) is 3.43. The number of aliphatic hydroxyl groups is 1. The van der Waals surface area contributed by atoms with Crippen LogP contribution in [0.4, 0.5) is 13.2 Å². The molecule has 0 aromatic heterocycles. The zero-order valence-corrected chi connectivity index (χ0v) is 9.07. The highest BCUT2D eigenvalue weighted by Crippen LogP contribution is 2.40. The van der Waals surface area contributed by atoms with Crippen molar-refractivity contribution < 1.29 is 18.3 Å². The molecule has 1 aromatic carbocycles. The van der Waals surface area contributed by atoms with Crippen LogP contribution in [0.1, 0.15) is 24.0 Å². The topological polar surface area (TPSA) is 20.2 Å². The Labute approximate surface area is 95.8 Å². The van der Waals surface area contributed by atoms with E-state index in [0.29, 0.717) is 18.4 Å². The summed E-state index contributed by atoms with van der Waals surface area (Å²) in [4.78, 5) is 0. The zero-order valence-electron chi connectivity index (χ0n) is 8.31. The van der Waals surface area contributed by atoms with Crippen molar-refractivity contribution in [2.24, 2.45) is 0 Å². The molecular weight excluding hydrogens is 241 g/mol. The molecule has 1 nitrogen and oxygen atoms in total. The van der Waals surface area contributed by atoms with E-state index in [1.165, 1.54) is 6.07 Å². The third-order valence-corrected chi connectivity index (χ3v) is 3.09. The minimum Gasteiger partial charge on any atom is -0.390 e. The lowest BCUT2D eigenvalue weighted by molar-refractivity contribution is -0.137. The molecule has 1 aliphatic carbocycles. The Balaban J connectivity index is 2.29. The fourth-order valence-electron chi connectivity index (χ4n) is 1.56. The first-order chi connectivity index (χ1) is 7.30. The minimum atomic E-state index is -4.37. The van der Waals surface area contributed by atoms with E-state index < -0.39 is 17.3 Å². The Morgan fingerprint density at radius 3 is 2.44 bits per heavy atom. The van der Waals surface area contributed by atoms with E-state index in [-0.39, 0.29) is 11.4 Å². The van der Waals surface area contributed by atoms with Crippen LogP contribution < -0.4 is 0 Å². The summed E-state index contributed by atoms with van der Waals surface area (Å²) in [5.41, 5.74) is -1.21. The van der Waals surface area contributed by atoms with Crippen LogP contribution in [0.15, 0.2) is 18.2 Å². The Kier molecular flexibility index (Phi) is 2.67. The van der Waals surface area contributed by atoms with Gasteiger partial charge in [0.25, 0.3) is 0 Å². The highest BCUT2D eigenvalue weighted by Gasteiger charge is 2.41. The third kappa shape index (κ3) is 2.50. The van der Waals surface area contributed by atoms with Crippen molar-refractivity contribution in [3.05, 3.63) is 34.3 Å². The van der Waals surface area contributed by atoms with Gasteiger partial charge in [0.2, 0.25) is 0 Å². The Morgan fingerprint density at radius 1 is 1.31 bits per heavy atom. The highest BCUT2D eigenvalue weighted by molar-refractivity contribution is 6.31. The van der Waals surface area contributed by atoms with Crippen LogP contribution in [0.2, 0.25) is 5.02 Å². The van der Waals surface area contributed by atoms with Crippen molar-refractivity contribution in [1.82, 2.24) is 0 Å². The van der Waals surface area contributed by atoms with Crippen LogP contribution in [0.5, 0.6) is 0 Å². The molecule has 5 heteroatoms. The molecule has 0 aliphatic heterocycles. The SMILES string of the molecule is OC1(Cc2cc(C(F)(F)F)ccc2Cl)CC1. The molecule has 0 atom stereocenters. The molecule has 1 aliphatic rings. The maximum atomic E-state index is 12.4. The lowest BCUT2D eigenvalue weighted by atomic mass is 10.0. The van der Waals surface area contributed by atoms with E-state index in [9.17, 15) is 18.3 Å². The zero-order chi connectivity index (χ0) is 12.0. The normalized spacial score (nSPS) is 18.6. The first kappa shape index (κ1) is 11.7. The van der Waals surface area contributed by atoms with Crippen molar-refractivity contribution in [3.63, 3.8) is 0 Å².